The van der Waals surface area contributed by atoms with Gasteiger partial charge in [0.25, 0.3) is 5.91 Å². The van der Waals surface area contributed by atoms with Crippen molar-refractivity contribution in [2.45, 2.75) is 19.3 Å². The van der Waals surface area contributed by atoms with E-state index < -0.39 is 0 Å². The first kappa shape index (κ1) is 19.3. The molecule has 1 amide bonds. The van der Waals surface area contributed by atoms with Crippen LogP contribution in [0.2, 0.25) is 0 Å². The molecule has 4 heterocycles. The maximum Gasteiger partial charge on any atom is 0.253 e. The van der Waals surface area contributed by atoms with Crippen LogP contribution in [0.15, 0.2) is 48.7 Å². The van der Waals surface area contributed by atoms with Crippen molar-refractivity contribution in [1.29, 1.82) is 0 Å². The number of nitrogens with zero attached hydrogens (tertiary/aromatic N) is 2. The second kappa shape index (κ2) is 8.22. The number of ketones is 1. The van der Waals surface area contributed by atoms with E-state index in [1.165, 1.54) is 0 Å². The number of fused-ring (bicyclic) bond motifs is 1. The third-order valence-corrected chi connectivity index (χ3v) is 5.93. The fourth-order valence-corrected chi connectivity index (χ4v) is 4.24. The molecule has 0 aliphatic carbocycles. The summed E-state index contributed by atoms with van der Waals surface area (Å²) in [6.45, 7) is 2.20. The second-order valence-corrected chi connectivity index (χ2v) is 7.97. The summed E-state index contributed by atoms with van der Waals surface area (Å²) in [6.07, 6.45) is 7.91. The summed E-state index contributed by atoms with van der Waals surface area (Å²) in [5.41, 5.74) is 6.74. The number of anilines is 1. The molecule has 1 aromatic carbocycles. The van der Waals surface area contributed by atoms with Gasteiger partial charge in [-0.15, -0.1) is 0 Å². The number of carbonyl (C=O) groups is 2. The predicted molar refractivity (Wildman–Crippen MR) is 122 cm³/mol. The lowest BCUT2D eigenvalue weighted by molar-refractivity contribution is -0.119. The van der Waals surface area contributed by atoms with Crippen LogP contribution in [0, 0.1) is 0 Å². The number of benzene rings is 1. The highest BCUT2D eigenvalue weighted by Gasteiger charge is 2.20. The zero-order valence-corrected chi connectivity index (χ0v) is 17.2. The maximum atomic E-state index is 12.1. The minimum Gasteiger partial charge on any atom is -0.370 e. The summed E-state index contributed by atoms with van der Waals surface area (Å²) >= 11 is 0. The molecule has 1 fully saturated rings. The molecule has 2 N–H and O–H groups in total. The van der Waals surface area contributed by atoms with Gasteiger partial charge < -0.3 is 15.2 Å². The number of nitrogens with one attached hydrogen (secondary N) is 2. The van der Waals surface area contributed by atoms with Crippen molar-refractivity contribution in [2.24, 2.45) is 0 Å². The molecule has 0 bridgehead atoms. The van der Waals surface area contributed by atoms with Gasteiger partial charge in [-0.1, -0.05) is 24.3 Å². The highest BCUT2D eigenvalue weighted by molar-refractivity contribution is 5.97. The van der Waals surface area contributed by atoms with Gasteiger partial charge in [0.2, 0.25) is 0 Å². The number of para-hydroxylation sites is 1. The van der Waals surface area contributed by atoms with E-state index in [0.29, 0.717) is 25.2 Å². The number of pyridine rings is 1. The molecule has 2 aromatic heterocycles. The molecule has 6 nitrogen and oxygen atoms in total. The van der Waals surface area contributed by atoms with Crippen molar-refractivity contribution in [1.82, 2.24) is 15.3 Å². The molecule has 0 unspecified atom stereocenters. The molecule has 2 aliphatic heterocycles. The Morgan fingerprint density at radius 1 is 0.968 bits per heavy atom. The average molecular weight is 412 g/mol. The molecule has 2 aliphatic rings. The van der Waals surface area contributed by atoms with Gasteiger partial charge in [-0.25, -0.2) is 0 Å². The summed E-state index contributed by atoms with van der Waals surface area (Å²) in [5, 5.41) is 2.88. The lowest BCUT2D eigenvalue weighted by Crippen LogP contribution is -2.34. The van der Waals surface area contributed by atoms with Crippen molar-refractivity contribution >= 4 is 29.5 Å². The van der Waals surface area contributed by atoms with Crippen molar-refractivity contribution in [2.75, 3.05) is 24.5 Å². The van der Waals surface area contributed by atoms with E-state index in [-0.39, 0.29) is 5.91 Å². The number of carbonyl (C=O) groups excluding carboxylic acids is 2. The molecule has 1 saturated heterocycles. The molecular formula is C25H24N4O2. The van der Waals surface area contributed by atoms with Crippen molar-refractivity contribution in [3.05, 3.63) is 71.2 Å². The summed E-state index contributed by atoms with van der Waals surface area (Å²) < 4.78 is 0. The van der Waals surface area contributed by atoms with E-state index in [1.54, 1.807) is 6.20 Å². The normalized spacial score (nSPS) is 16.5. The van der Waals surface area contributed by atoms with Gasteiger partial charge in [0.1, 0.15) is 5.78 Å². The van der Waals surface area contributed by atoms with Gasteiger partial charge in [0, 0.05) is 67.7 Å². The first-order valence-corrected chi connectivity index (χ1v) is 10.7. The summed E-state index contributed by atoms with van der Waals surface area (Å²) in [7, 11) is 0. The monoisotopic (exact) mass is 412 g/mol. The highest BCUT2D eigenvalue weighted by atomic mass is 16.1. The summed E-state index contributed by atoms with van der Waals surface area (Å²) in [6, 6.07) is 14.1. The van der Waals surface area contributed by atoms with E-state index in [2.05, 4.69) is 38.4 Å². The van der Waals surface area contributed by atoms with Gasteiger partial charge in [-0.2, -0.15) is 0 Å². The van der Waals surface area contributed by atoms with Crippen LogP contribution in [0.5, 0.6) is 0 Å². The number of aromatic amines is 1. The van der Waals surface area contributed by atoms with E-state index >= 15 is 0 Å². The molecule has 3 aromatic rings. The van der Waals surface area contributed by atoms with Crippen LogP contribution in [-0.4, -0.2) is 41.3 Å². The van der Waals surface area contributed by atoms with Crippen LogP contribution in [0.3, 0.4) is 0 Å². The van der Waals surface area contributed by atoms with Crippen LogP contribution in [0.1, 0.15) is 40.2 Å². The van der Waals surface area contributed by atoms with Crippen LogP contribution in [0.4, 0.5) is 5.69 Å². The van der Waals surface area contributed by atoms with Gasteiger partial charge in [-0.05, 0) is 35.9 Å². The Morgan fingerprint density at radius 2 is 1.81 bits per heavy atom. The molecule has 31 heavy (non-hydrogen) atoms. The Kier molecular flexibility index (Phi) is 5.12. The van der Waals surface area contributed by atoms with Gasteiger partial charge in [0.15, 0.2) is 0 Å². The smallest absolute Gasteiger partial charge is 0.253 e. The maximum absolute atomic E-state index is 12.1. The van der Waals surface area contributed by atoms with E-state index in [0.717, 1.165) is 59.0 Å². The second-order valence-electron chi connectivity index (χ2n) is 7.97. The van der Waals surface area contributed by atoms with E-state index in [9.17, 15) is 9.59 Å². The number of hydrogen-bond acceptors (Lipinski definition) is 4. The molecule has 0 spiro atoms. The Hall–Kier alpha value is -3.67. The SMILES string of the molecule is O=C1CCN(c2ccccc2C=Cc2cc(-c3cc4c([nH]3)CCNC4=O)ccn2)CC1. The Morgan fingerprint density at radius 3 is 2.65 bits per heavy atom. The molecular weight excluding hydrogens is 388 g/mol. The van der Waals surface area contributed by atoms with Gasteiger partial charge in [-0.3, -0.25) is 14.6 Å². The van der Waals surface area contributed by atoms with Crippen LogP contribution < -0.4 is 10.2 Å². The minimum atomic E-state index is -0.0195. The number of Topliss-reactive ketones (excluding diaryl/α,β-unsaturated/α-hetero) is 1. The lowest BCUT2D eigenvalue weighted by atomic mass is 10.1. The van der Waals surface area contributed by atoms with E-state index in [1.807, 2.05) is 36.4 Å². The predicted octanol–water partition coefficient (Wildman–Crippen LogP) is 3.70. The molecule has 6 heteroatoms. The fourth-order valence-electron chi connectivity index (χ4n) is 4.24. The van der Waals surface area contributed by atoms with Crippen molar-refractivity contribution in [3.8, 4) is 11.3 Å². The number of aromatic nitrogens is 2. The van der Waals surface area contributed by atoms with Crippen molar-refractivity contribution in [3.63, 3.8) is 0 Å². The molecule has 0 saturated carbocycles. The summed E-state index contributed by atoms with van der Waals surface area (Å²) in [5.74, 6) is 0.322. The Labute approximate surface area is 181 Å². The molecule has 5 rings (SSSR count). The third kappa shape index (κ3) is 4.01. The average Bonchev–Trinajstić information content (AvgIpc) is 3.25. The molecule has 0 atom stereocenters. The first-order valence-electron chi connectivity index (χ1n) is 10.7. The van der Waals surface area contributed by atoms with Crippen LogP contribution in [-0.2, 0) is 11.2 Å². The third-order valence-electron chi connectivity index (χ3n) is 5.93. The van der Waals surface area contributed by atoms with Gasteiger partial charge in [0.05, 0.1) is 11.3 Å². The minimum absolute atomic E-state index is 0.0195. The quantitative estimate of drug-likeness (QED) is 0.685. The number of H-pyrrole nitrogens is 1. The molecule has 0 radical (unpaired) electrons. The zero-order chi connectivity index (χ0) is 21.2. The van der Waals surface area contributed by atoms with Gasteiger partial charge >= 0.3 is 0 Å². The number of hydrogen-bond donors (Lipinski definition) is 2. The Bertz CT molecular complexity index is 1170. The lowest BCUT2D eigenvalue weighted by Gasteiger charge is -2.29. The largest absolute Gasteiger partial charge is 0.370 e. The Balaban J connectivity index is 1.40. The number of piperidine rings is 1. The van der Waals surface area contributed by atoms with E-state index in [4.69, 9.17) is 0 Å². The fraction of sp³-hybridized carbons (Fsp3) is 0.240. The molecule has 156 valence electrons. The van der Waals surface area contributed by atoms with Crippen LogP contribution in [0.25, 0.3) is 23.4 Å². The number of amides is 1. The zero-order valence-electron chi connectivity index (χ0n) is 17.2. The first-order chi connectivity index (χ1) is 15.2. The highest BCUT2D eigenvalue weighted by Crippen LogP contribution is 2.27. The topological polar surface area (TPSA) is 78.1 Å². The standard InChI is InChI=1S/C25H24N4O2/c30-20-9-13-29(14-10-20)24-4-2-1-3-17(24)5-6-19-15-18(7-11-26-19)23-16-21-22(28-23)8-12-27-25(21)31/h1-7,11,15-16,28H,8-10,12-14H2,(H,27,31). The van der Waals surface area contributed by atoms with Crippen LogP contribution >= 0.6 is 0 Å². The van der Waals surface area contributed by atoms with Crippen molar-refractivity contribution < 1.29 is 9.59 Å². The summed E-state index contributed by atoms with van der Waals surface area (Å²) in [4.78, 5) is 33.8. The number of rotatable bonds is 4.